The summed E-state index contributed by atoms with van der Waals surface area (Å²) in [7, 11) is 0. The lowest BCUT2D eigenvalue weighted by atomic mass is 10.0. The van der Waals surface area contributed by atoms with Crippen molar-refractivity contribution in [2.45, 2.75) is 44.8 Å². The first-order valence-corrected chi connectivity index (χ1v) is 9.40. The van der Waals surface area contributed by atoms with Crippen LogP contribution < -0.4 is 0 Å². The Morgan fingerprint density at radius 2 is 2.04 bits per heavy atom. The quantitative estimate of drug-likeness (QED) is 0.816. The molecule has 0 aliphatic carbocycles. The zero-order chi connectivity index (χ0) is 16.7. The number of hydrogen-bond acceptors (Lipinski definition) is 6. The van der Waals surface area contributed by atoms with E-state index in [1.54, 1.807) is 0 Å². The second-order valence-electron chi connectivity index (χ2n) is 6.97. The second kappa shape index (κ2) is 6.40. The highest BCUT2D eigenvalue weighted by Crippen LogP contribution is 2.35. The van der Waals surface area contributed by atoms with Crippen LogP contribution in [-0.2, 0) is 9.53 Å². The zero-order valence-corrected chi connectivity index (χ0v) is 14.6. The maximum atomic E-state index is 12.5. The Morgan fingerprint density at radius 3 is 2.71 bits per heavy atom. The fourth-order valence-electron chi connectivity index (χ4n) is 4.03. The van der Waals surface area contributed by atoms with Crippen LogP contribution in [0.4, 0.5) is 0 Å². The Kier molecular flexibility index (Phi) is 4.26. The van der Waals surface area contributed by atoms with Crippen molar-refractivity contribution in [3.63, 3.8) is 0 Å². The van der Waals surface area contributed by atoms with E-state index in [1.165, 1.54) is 11.5 Å². The van der Waals surface area contributed by atoms with Crippen LogP contribution in [0.25, 0.3) is 0 Å². The fourth-order valence-corrected chi connectivity index (χ4v) is 4.49. The average molecular weight is 350 g/mol. The Hall–Kier alpha value is -1.54. The lowest BCUT2D eigenvalue weighted by Gasteiger charge is -2.20. The standard InChI is InChI=1S/C16H22N4O3S/c1-10-15(17-18-24-10)16(22)20-8-11-6-12(23-13(11)9-20)7-14(21)19-4-2-3-5-19/h11-13H,2-9H2,1H3/t11-,12-,13+/m0/s1. The molecule has 4 rings (SSSR count). The summed E-state index contributed by atoms with van der Waals surface area (Å²) in [6.45, 7) is 4.93. The molecule has 3 fully saturated rings. The number of likely N-dealkylation sites (tertiary alicyclic amines) is 2. The van der Waals surface area contributed by atoms with E-state index in [1.807, 2.05) is 16.7 Å². The summed E-state index contributed by atoms with van der Waals surface area (Å²) in [5, 5.41) is 3.94. The van der Waals surface area contributed by atoms with Crippen LogP contribution in [0.3, 0.4) is 0 Å². The molecule has 0 saturated carbocycles. The molecule has 3 aliphatic rings. The van der Waals surface area contributed by atoms with Crippen molar-refractivity contribution in [3.8, 4) is 0 Å². The van der Waals surface area contributed by atoms with Gasteiger partial charge in [0.2, 0.25) is 5.91 Å². The van der Waals surface area contributed by atoms with Gasteiger partial charge in [-0.1, -0.05) is 4.49 Å². The monoisotopic (exact) mass is 350 g/mol. The maximum Gasteiger partial charge on any atom is 0.275 e. The van der Waals surface area contributed by atoms with Gasteiger partial charge in [0.1, 0.15) is 0 Å². The van der Waals surface area contributed by atoms with Crippen LogP contribution in [0.15, 0.2) is 0 Å². The third kappa shape index (κ3) is 2.93. The highest BCUT2D eigenvalue weighted by molar-refractivity contribution is 7.05. The summed E-state index contributed by atoms with van der Waals surface area (Å²) in [5.41, 5.74) is 0.459. The van der Waals surface area contributed by atoms with Gasteiger partial charge in [-0.15, -0.1) is 5.10 Å². The van der Waals surface area contributed by atoms with Gasteiger partial charge in [-0.25, -0.2) is 0 Å². The number of fused-ring (bicyclic) bond motifs is 1. The van der Waals surface area contributed by atoms with Crippen molar-refractivity contribution in [2.24, 2.45) is 5.92 Å². The Labute approximate surface area is 145 Å². The normalized spacial score (nSPS) is 29.3. The number of rotatable bonds is 3. The van der Waals surface area contributed by atoms with Crippen LogP contribution in [0, 0.1) is 12.8 Å². The van der Waals surface area contributed by atoms with Gasteiger partial charge in [0, 0.05) is 32.1 Å². The van der Waals surface area contributed by atoms with Crippen molar-refractivity contribution in [3.05, 3.63) is 10.6 Å². The second-order valence-corrected chi connectivity index (χ2v) is 7.93. The van der Waals surface area contributed by atoms with Gasteiger partial charge in [0.05, 0.1) is 23.5 Å². The Balaban J connectivity index is 1.31. The van der Waals surface area contributed by atoms with Gasteiger partial charge in [0.25, 0.3) is 5.91 Å². The van der Waals surface area contributed by atoms with Crippen molar-refractivity contribution in [1.29, 1.82) is 0 Å². The molecule has 130 valence electrons. The minimum absolute atomic E-state index is 0.00743. The summed E-state index contributed by atoms with van der Waals surface area (Å²) >= 11 is 1.25. The Bertz CT molecular complexity index is 629. The zero-order valence-electron chi connectivity index (χ0n) is 13.8. The minimum atomic E-state index is -0.0519. The minimum Gasteiger partial charge on any atom is -0.372 e. The highest BCUT2D eigenvalue weighted by atomic mass is 32.1. The summed E-state index contributed by atoms with van der Waals surface area (Å²) in [6.07, 6.45) is 3.64. The molecule has 3 atom stereocenters. The van der Waals surface area contributed by atoms with E-state index in [2.05, 4.69) is 9.59 Å². The Morgan fingerprint density at radius 1 is 1.25 bits per heavy atom. The molecular formula is C16H22N4O3S. The van der Waals surface area contributed by atoms with Crippen molar-refractivity contribution >= 4 is 23.3 Å². The van der Waals surface area contributed by atoms with Crippen molar-refractivity contribution in [2.75, 3.05) is 26.2 Å². The predicted molar refractivity (Wildman–Crippen MR) is 87.7 cm³/mol. The van der Waals surface area contributed by atoms with Crippen LogP contribution in [0.2, 0.25) is 0 Å². The molecule has 0 radical (unpaired) electrons. The molecule has 3 saturated heterocycles. The van der Waals surface area contributed by atoms with Crippen molar-refractivity contribution in [1.82, 2.24) is 19.4 Å². The molecule has 1 aromatic heterocycles. The number of aromatic nitrogens is 2. The smallest absolute Gasteiger partial charge is 0.275 e. The van der Waals surface area contributed by atoms with Crippen LogP contribution in [0.5, 0.6) is 0 Å². The first-order chi connectivity index (χ1) is 11.6. The molecule has 7 nitrogen and oxygen atoms in total. The first kappa shape index (κ1) is 16.0. The van der Waals surface area contributed by atoms with Gasteiger partial charge in [0.15, 0.2) is 5.69 Å². The van der Waals surface area contributed by atoms with E-state index >= 15 is 0 Å². The summed E-state index contributed by atoms with van der Waals surface area (Å²) in [4.78, 5) is 29.4. The lowest BCUT2D eigenvalue weighted by Crippen LogP contribution is -2.34. The summed E-state index contributed by atoms with van der Waals surface area (Å²) in [5.74, 6) is 0.496. The van der Waals surface area contributed by atoms with E-state index in [-0.39, 0.29) is 24.0 Å². The molecule has 0 aromatic carbocycles. The molecule has 2 amide bonds. The molecule has 0 unspecified atom stereocenters. The van der Waals surface area contributed by atoms with E-state index in [4.69, 9.17) is 4.74 Å². The number of ether oxygens (including phenoxy) is 1. The van der Waals surface area contributed by atoms with E-state index < -0.39 is 0 Å². The molecule has 1 aromatic rings. The number of carbonyl (C=O) groups is 2. The number of amides is 2. The largest absolute Gasteiger partial charge is 0.372 e. The topological polar surface area (TPSA) is 75.6 Å². The molecule has 4 heterocycles. The van der Waals surface area contributed by atoms with E-state index in [9.17, 15) is 9.59 Å². The number of hydrogen-bond donors (Lipinski definition) is 0. The molecular weight excluding hydrogens is 328 g/mol. The summed E-state index contributed by atoms with van der Waals surface area (Å²) < 4.78 is 9.91. The lowest BCUT2D eigenvalue weighted by molar-refractivity contribution is -0.132. The van der Waals surface area contributed by atoms with Crippen LogP contribution >= 0.6 is 11.5 Å². The summed E-state index contributed by atoms with van der Waals surface area (Å²) in [6, 6.07) is 0. The van der Waals surface area contributed by atoms with Gasteiger partial charge < -0.3 is 14.5 Å². The molecule has 0 bridgehead atoms. The van der Waals surface area contributed by atoms with Crippen LogP contribution in [0.1, 0.15) is 41.0 Å². The predicted octanol–water partition coefficient (Wildman–Crippen LogP) is 1.09. The molecule has 0 N–H and O–H groups in total. The van der Waals surface area contributed by atoms with E-state index in [0.29, 0.717) is 31.1 Å². The fraction of sp³-hybridized carbons (Fsp3) is 0.750. The first-order valence-electron chi connectivity index (χ1n) is 8.63. The SMILES string of the molecule is Cc1snnc1C(=O)N1C[C@@H]2C[C@@H](CC(=O)N3CCCC3)O[C@@H]2C1. The third-order valence-corrected chi connectivity index (χ3v) is 5.95. The average Bonchev–Trinajstić information content (AvgIpc) is 3.30. The van der Waals surface area contributed by atoms with Gasteiger partial charge >= 0.3 is 0 Å². The molecule has 0 spiro atoms. The van der Waals surface area contributed by atoms with Crippen molar-refractivity contribution < 1.29 is 14.3 Å². The molecule has 24 heavy (non-hydrogen) atoms. The van der Waals surface area contributed by atoms with Gasteiger partial charge in [-0.2, -0.15) is 0 Å². The number of nitrogens with zero attached hydrogens (tertiary/aromatic N) is 4. The highest BCUT2D eigenvalue weighted by Gasteiger charge is 2.44. The van der Waals surface area contributed by atoms with Gasteiger partial charge in [-0.05, 0) is 37.7 Å². The number of carbonyl (C=O) groups excluding carboxylic acids is 2. The number of aryl methyl sites for hydroxylation is 1. The van der Waals surface area contributed by atoms with Gasteiger partial charge in [-0.3, -0.25) is 9.59 Å². The van der Waals surface area contributed by atoms with Crippen LogP contribution in [-0.4, -0.2) is 69.6 Å². The van der Waals surface area contributed by atoms with E-state index in [0.717, 1.165) is 37.2 Å². The molecule has 3 aliphatic heterocycles. The molecule has 8 heteroatoms. The third-order valence-electron chi connectivity index (χ3n) is 5.32. The maximum absolute atomic E-state index is 12.5.